The molecule has 2 heterocycles. The Labute approximate surface area is 192 Å². The van der Waals surface area contributed by atoms with E-state index in [1.54, 1.807) is 0 Å². The van der Waals surface area contributed by atoms with Gasteiger partial charge in [-0.25, -0.2) is 0 Å². The largest absolute Gasteiger partial charge is 0.368 e. The highest BCUT2D eigenvalue weighted by Crippen LogP contribution is 2.69. The molecule has 4 atom stereocenters. The SMILES string of the molecule is CC(C)(C)[Si](C)(C)O[C@]12O[C@H](c3ccc4ccccc4c3)[C@@]1(C)C[C@H](c1ccccc1)O2. The molecule has 168 valence electrons. The van der Waals surface area contributed by atoms with Crippen molar-refractivity contribution in [1.82, 2.24) is 0 Å². The summed E-state index contributed by atoms with van der Waals surface area (Å²) >= 11 is 0. The van der Waals surface area contributed by atoms with E-state index in [1.165, 1.54) is 21.9 Å². The van der Waals surface area contributed by atoms with Crippen LogP contribution in [0.3, 0.4) is 0 Å². The molecule has 2 aliphatic heterocycles. The van der Waals surface area contributed by atoms with Crippen LogP contribution in [0.1, 0.15) is 57.5 Å². The first kappa shape index (κ1) is 21.8. The lowest BCUT2D eigenvalue weighted by Gasteiger charge is -2.59. The van der Waals surface area contributed by atoms with Gasteiger partial charge in [0.15, 0.2) is 8.32 Å². The van der Waals surface area contributed by atoms with Gasteiger partial charge < -0.3 is 13.9 Å². The summed E-state index contributed by atoms with van der Waals surface area (Å²) in [7, 11) is -2.13. The summed E-state index contributed by atoms with van der Waals surface area (Å²) < 4.78 is 20.3. The van der Waals surface area contributed by atoms with Gasteiger partial charge in [0.2, 0.25) is 0 Å². The molecule has 0 bridgehead atoms. The van der Waals surface area contributed by atoms with E-state index in [9.17, 15) is 0 Å². The van der Waals surface area contributed by atoms with Crippen molar-refractivity contribution in [3.05, 3.63) is 83.9 Å². The zero-order valence-electron chi connectivity index (χ0n) is 20.0. The van der Waals surface area contributed by atoms with Crippen molar-refractivity contribution in [2.45, 2.75) is 70.4 Å². The molecule has 0 N–H and O–H groups in total. The normalized spacial score (nSPS) is 30.2. The fraction of sp³-hybridized carbons (Fsp3) is 0.429. The molecule has 32 heavy (non-hydrogen) atoms. The third-order valence-electron chi connectivity index (χ3n) is 7.90. The summed E-state index contributed by atoms with van der Waals surface area (Å²) in [6.07, 6.45) is 0.755. The maximum atomic E-state index is 6.94. The fourth-order valence-corrected chi connectivity index (χ4v) is 6.15. The summed E-state index contributed by atoms with van der Waals surface area (Å²) in [5.41, 5.74) is 2.10. The van der Waals surface area contributed by atoms with Crippen LogP contribution in [0.2, 0.25) is 18.1 Å². The lowest BCUT2D eigenvalue weighted by atomic mass is 9.71. The van der Waals surface area contributed by atoms with Gasteiger partial charge in [-0.3, -0.25) is 0 Å². The molecule has 2 aliphatic rings. The minimum Gasteiger partial charge on any atom is -0.368 e. The first-order chi connectivity index (χ1) is 15.0. The first-order valence-corrected chi connectivity index (χ1v) is 14.6. The number of rotatable bonds is 4. The Kier molecular flexibility index (Phi) is 4.95. The van der Waals surface area contributed by atoms with E-state index in [1.807, 2.05) is 6.07 Å². The quantitative estimate of drug-likeness (QED) is 0.383. The highest BCUT2D eigenvalue weighted by atomic mass is 28.4. The van der Waals surface area contributed by atoms with Crippen molar-refractivity contribution < 1.29 is 13.9 Å². The highest BCUT2D eigenvalue weighted by Gasteiger charge is 2.74. The highest BCUT2D eigenvalue weighted by molar-refractivity contribution is 6.74. The second kappa shape index (κ2) is 7.26. The number of hydrogen-bond donors (Lipinski definition) is 0. The minimum atomic E-state index is -2.13. The molecule has 0 unspecified atom stereocenters. The Morgan fingerprint density at radius 2 is 1.50 bits per heavy atom. The topological polar surface area (TPSA) is 27.7 Å². The second-order valence-corrected chi connectivity index (χ2v) is 15.9. The van der Waals surface area contributed by atoms with Gasteiger partial charge in [-0.1, -0.05) is 87.5 Å². The van der Waals surface area contributed by atoms with Gasteiger partial charge >= 0.3 is 0 Å². The van der Waals surface area contributed by atoms with Crippen LogP contribution in [0.5, 0.6) is 0 Å². The molecule has 0 aromatic heterocycles. The summed E-state index contributed by atoms with van der Waals surface area (Å²) in [6.45, 7) is 13.6. The predicted octanol–water partition coefficient (Wildman–Crippen LogP) is 7.75. The van der Waals surface area contributed by atoms with Crippen molar-refractivity contribution in [2.24, 2.45) is 5.41 Å². The molecule has 0 saturated carbocycles. The van der Waals surface area contributed by atoms with E-state index in [0.717, 1.165) is 6.42 Å². The van der Waals surface area contributed by atoms with Crippen LogP contribution in [0.25, 0.3) is 10.8 Å². The standard InChI is InChI=1S/C28H34O3Si/c1-26(2,3)32(5,6)31-28-27(4,19-24(29-28)21-13-8-7-9-14-21)25(30-28)23-17-16-20-12-10-11-15-22(20)18-23/h7-18,24-25H,19H2,1-6H3/t24-,25-,27-,28-/m1/s1. The maximum Gasteiger partial charge on any atom is 0.283 e. The molecule has 0 spiro atoms. The summed E-state index contributed by atoms with van der Waals surface area (Å²) in [5, 5.41) is 2.54. The van der Waals surface area contributed by atoms with Crippen LogP contribution in [-0.2, 0) is 13.9 Å². The van der Waals surface area contributed by atoms with Gasteiger partial charge in [0, 0.05) is 0 Å². The monoisotopic (exact) mass is 446 g/mol. The second-order valence-electron chi connectivity index (χ2n) is 11.2. The van der Waals surface area contributed by atoms with Gasteiger partial charge in [0.05, 0.1) is 11.5 Å². The average Bonchev–Trinajstić information content (AvgIpc) is 2.96. The molecule has 2 saturated heterocycles. The molecule has 2 fully saturated rings. The van der Waals surface area contributed by atoms with Crippen molar-refractivity contribution in [3.8, 4) is 0 Å². The smallest absolute Gasteiger partial charge is 0.283 e. The lowest BCUT2D eigenvalue weighted by Crippen LogP contribution is -2.66. The summed E-state index contributed by atoms with van der Waals surface area (Å²) in [5.74, 6) is -1.01. The molecular formula is C28H34O3Si. The van der Waals surface area contributed by atoms with Crippen LogP contribution in [-0.4, -0.2) is 14.3 Å². The number of ether oxygens (including phenoxy) is 2. The van der Waals surface area contributed by atoms with E-state index in [-0.39, 0.29) is 22.7 Å². The summed E-state index contributed by atoms with van der Waals surface area (Å²) in [4.78, 5) is 0. The van der Waals surface area contributed by atoms with Gasteiger partial charge in [-0.2, -0.15) is 0 Å². The Morgan fingerprint density at radius 3 is 2.19 bits per heavy atom. The van der Waals surface area contributed by atoms with Crippen LogP contribution in [0.15, 0.2) is 72.8 Å². The maximum absolute atomic E-state index is 6.94. The predicted molar refractivity (Wildman–Crippen MR) is 132 cm³/mol. The van der Waals surface area contributed by atoms with E-state index in [0.29, 0.717) is 0 Å². The van der Waals surface area contributed by atoms with Gasteiger partial charge in [-0.05, 0) is 59.4 Å². The molecule has 4 heteroatoms. The molecule has 3 aromatic carbocycles. The zero-order valence-corrected chi connectivity index (χ0v) is 21.0. The molecule has 0 aliphatic carbocycles. The van der Waals surface area contributed by atoms with Gasteiger partial charge in [0.1, 0.15) is 6.10 Å². The number of benzene rings is 3. The van der Waals surface area contributed by atoms with Crippen molar-refractivity contribution in [2.75, 3.05) is 0 Å². The molecule has 3 nitrogen and oxygen atoms in total. The van der Waals surface area contributed by atoms with Crippen LogP contribution >= 0.6 is 0 Å². The lowest BCUT2D eigenvalue weighted by molar-refractivity contribution is -0.484. The Hall–Kier alpha value is -1.98. The zero-order chi connectivity index (χ0) is 22.8. The fourth-order valence-electron chi connectivity index (χ4n) is 4.84. The van der Waals surface area contributed by atoms with Crippen molar-refractivity contribution in [3.63, 3.8) is 0 Å². The van der Waals surface area contributed by atoms with Crippen LogP contribution in [0.4, 0.5) is 0 Å². The Morgan fingerprint density at radius 1 is 0.844 bits per heavy atom. The minimum absolute atomic E-state index is 0.0450. The van der Waals surface area contributed by atoms with Gasteiger partial charge in [-0.15, -0.1) is 0 Å². The third kappa shape index (κ3) is 3.28. The summed E-state index contributed by atoms with van der Waals surface area (Å²) in [6, 6.07) is 25.6. The van der Waals surface area contributed by atoms with Gasteiger partial charge in [0.25, 0.3) is 5.97 Å². The molecule has 3 aromatic rings. The van der Waals surface area contributed by atoms with Crippen molar-refractivity contribution in [1.29, 1.82) is 0 Å². The molecule has 0 amide bonds. The average molecular weight is 447 g/mol. The van der Waals surface area contributed by atoms with Crippen LogP contribution in [0, 0.1) is 5.41 Å². The Bertz CT molecular complexity index is 1140. The van der Waals surface area contributed by atoms with Crippen LogP contribution < -0.4 is 0 Å². The molecule has 0 radical (unpaired) electrons. The molecular weight excluding hydrogens is 412 g/mol. The number of hydrogen-bond acceptors (Lipinski definition) is 3. The van der Waals surface area contributed by atoms with E-state index in [2.05, 4.69) is 108 Å². The van der Waals surface area contributed by atoms with E-state index in [4.69, 9.17) is 13.9 Å². The van der Waals surface area contributed by atoms with Crippen molar-refractivity contribution >= 4 is 19.1 Å². The first-order valence-electron chi connectivity index (χ1n) is 11.6. The van der Waals surface area contributed by atoms with E-state index >= 15 is 0 Å². The third-order valence-corrected chi connectivity index (χ3v) is 12.3. The van der Waals surface area contributed by atoms with E-state index < -0.39 is 14.3 Å². The Balaban J connectivity index is 1.54. The molecule has 5 rings (SSSR count). The number of fused-ring (bicyclic) bond motifs is 2.